The van der Waals surface area contributed by atoms with Crippen LogP contribution in [0.25, 0.3) is 0 Å². The van der Waals surface area contributed by atoms with E-state index >= 15 is 0 Å². The Morgan fingerprint density at radius 2 is 2.15 bits per heavy atom. The summed E-state index contributed by atoms with van der Waals surface area (Å²) in [6, 6.07) is 4.89. The lowest BCUT2D eigenvalue weighted by molar-refractivity contribution is -0.138. The molecule has 4 aliphatic rings. The number of halogens is 3. The SMILES string of the molecule is CC(C)CON=C1C[C@@]2(C)O[C@@]13CCO[C@H]1[C@@H]3[C@@H]2C(=O)N1c1ccc(C#N)c(C(F)(F)F)c1. The van der Waals surface area contributed by atoms with E-state index in [1.807, 2.05) is 20.8 Å². The number of nitriles is 1. The summed E-state index contributed by atoms with van der Waals surface area (Å²) in [5, 5.41) is 13.5. The number of hydrogen-bond donors (Lipinski definition) is 0. The summed E-state index contributed by atoms with van der Waals surface area (Å²) in [7, 11) is 0. The highest BCUT2D eigenvalue weighted by atomic mass is 19.4. The van der Waals surface area contributed by atoms with Crippen LogP contribution in [0.5, 0.6) is 0 Å². The lowest BCUT2D eigenvalue weighted by atomic mass is 9.65. The maximum Gasteiger partial charge on any atom is 0.417 e. The number of anilines is 1. The largest absolute Gasteiger partial charge is 0.417 e. The molecule has 4 saturated heterocycles. The van der Waals surface area contributed by atoms with Crippen molar-refractivity contribution in [2.75, 3.05) is 18.1 Å². The van der Waals surface area contributed by atoms with Gasteiger partial charge in [-0.05, 0) is 31.0 Å². The Balaban J connectivity index is 1.55. The number of rotatable bonds is 4. The fourth-order valence-corrected chi connectivity index (χ4v) is 5.86. The summed E-state index contributed by atoms with van der Waals surface area (Å²) in [5.74, 6) is -1.03. The van der Waals surface area contributed by atoms with E-state index in [0.29, 0.717) is 25.4 Å². The fraction of sp³-hybridized carbons (Fsp3) is 0.609. The number of benzene rings is 1. The van der Waals surface area contributed by atoms with Gasteiger partial charge in [-0.2, -0.15) is 18.4 Å². The summed E-state index contributed by atoms with van der Waals surface area (Å²) >= 11 is 0. The molecule has 33 heavy (non-hydrogen) atoms. The van der Waals surface area contributed by atoms with Crippen molar-refractivity contribution in [3.8, 4) is 6.07 Å². The second-order valence-electron chi connectivity index (χ2n) is 9.77. The minimum Gasteiger partial charge on any atom is -0.395 e. The molecule has 0 aliphatic carbocycles. The first-order valence-electron chi connectivity index (χ1n) is 11.0. The highest BCUT2D eigenvalue weighted by Gasteiger charge is 2.77. The van der Waals surface area contributed by atoms with Crippen LogP contribution in [0.15, 0.2) is 23.4 Å². The Labute approximate surface area is 189 Å². The van der Waals surface area contributed by atoms with Crippen LogP contribution in [0.1, 0.15) is 44.7 Å². The molecule has 0 N–H and O–H groups in total. The topological polar surface area (TPSA) is 84.2 Å². The second kappa shape index (κ2) is 7.18. The predicted octanol–water partition coefficient (Wildman–Crippen LogP) is 3.86. The van der Waals surface area contributed by atoms with Crippen molar-refractivity contribution < 1.29 is 32.3 Å². The van der Waals surface area contributed by atoms with Gasteiger partial charge >= 0.3 is 6.18 Å². The van der Waals surface area contributed by atoms with E-state index in [0.717, 1.165) is 17.8 Å². The number of nitrogens with zero attached hydrogens (tertiary/aromatic N) is 3. The molecule has 10 heteroatoms. The second-order valence-corrected chi connectivity index (χ2v) is 9.77. The molecular formula is C23H24F3N3O4. The molecule has 4 heterocycles. The van der Waals surface area contributed by atoms with Gasteiger partial charge in [0.1, 0.15) is 18.4 Å². The Morgan fingerprint density at radius 3 is 2.82 bits per heavy atom. The van der Waals surface area contributed by atoms with Crippen LogP contribution in [-0.2, 0) is 25.3 Å². The van der Waals surface area contributed by atoms with Gasteiger partial charge in [-0.15, -0.1) is 0 Å². The molecule has 5 rings (SSSR count). The van der Waals surface area contributed by atoms with Gasteiger partial charge in [0.15, 0.2) is 0 Å². The van der Waals surface area contributed by atoms with Crippen LogP contribution in [-0.4, -0.2) is 42.3 Å². The van der Waals surface area contributed by atoms with Gasteiger partial charge < -0.3 is 14.3 Å². The Hall–Kier alpha value is -2.64. The van der Waals surface area contributed by atoms with E-state index in [4.69, 9.17) is 19.6 Å². The van der Waals surface area contributed by atoms with Crippen molar-refractivity contribution in [1.29, 1.82) is 5.26 Å². The van der Waals surface area contributed by atoms with Crippen LogP contribution >= 0.6 is 0 Å². The zero-order valence-corrected chi connectivity index (χ0v) is 18.5. The lowest BCUT2D eigenvalue weighted by Crippen LogP contribution is -2.55. The third-order valence-corrected chi connectivity index (χ3v) is 7.09. The summed E-state index contributed by atoms with van der Waals surface area (Å²) in [6.07, 6.45) is -4.61. The molecule has 0 aromatic heterocycles. The summed E-state index contributed by atoms with van der Waals surface area (Å²) in [6.45, 7) is 6.58. The van der Waals surface area contributed by atoms with Gasteiger partial charge in [0.05, 0.1) is 47.0 Å². The Kier molecular flexibility index (Phi) is 4.82. The summed E-state index contributed by atoms with van der Waals surface area (Å²) in [5.41, 5.74) is -2.48. The summed E-state index contributed by atoms with van der Waals surface area (Å²) in [4.78, 5) is 20.4. The molecule has 5 atom stereocenters. The third-order valence-electron chi connectivity index (χ3n) is 7.09. The standard InChI is InChI=1S/C23H24F3N3O4/c1-12(2)11-32-28-16-9-21(3)17-18-20(31-7-6-22(16,18)33-21)29(19(17)30)14-5-4-13(10-27)15(8-14)23(24,25)26/h4-5,8,12,17-18,20H,6-7,9,11H2,1-3H3/t17-,18+,20+,21-,22+/m1/s1. The van der Waals surface area contributed by atoms with Gasteiger partial charge in [0.2, 0.25) is 5.91 Å². The molecule has 0 unspecified atom stereocenters. The Morgan fingerprint density at radius 1 is 1.39 bits per heavy atom. The molecule has 2 bridgehead atoms. The van der Waals surface area contributed by atoms with Gasteiger partial charge in [-0.1, -0.05) is 19.0 Å². The van der Waals surface area contributed by atoms with Gasteiger partial charge in [-0.3, -0.25) is 9.69 Å². The van der Waals surface area contributed by atoms with Crippen molar-refractivity contribution in [3.05, 3.63) is 29.3 Å². The first kappa shape index (κ1) is 22.2. The molecule has 176 valence electrons. The van der Waals surface area contributed by atoms with Crippen LogP contribution in [0.4, 0.5) is 18.9 Å². The van der Waals surface area contributed by atoms with Gasteiger partial charge in [0.25, 0.3) is 0 Å². The van der Waals surface area contributed by atoms with Crippen molar-refractivity contribution in [2.24, 2.45) is 22.9 Å². The van der Waals surface area contributed by atoms with E-state index < -0.39 is 46.6 Å². The molecule has 1 aromatic carbocycles. The van der Waals surface area contributed by atoms with Gasteiger partial charge in [-0.25, -0.2) is 0 Å². The number of carbonyl (C=O) groups is 1. The number of amides is 1. The third kappa shape index (κ3) is 3.09. The molecule has 0 saturated carbocycles. The van der Waals surface area contributed by atoms with E-state index in [1.54, 1.807) is 6.07 Å². The molecule has 4 fully saturated rings. The average molecular weight is 463 g/mol. The maximum absolute atomic E-state index is 13.6. The first-order valence-corrected chi connectivity index (χ1v) is 11.0. The van der Waals surface area contributed by atoms with Crippen LogP contribution in [0.3, 0.4) is 0 Å². The normalized spacial score (nSPS) is 35.9. The quantitative estimate of drug-likeness (QED) is 0.633. The minimum absolute atomic E-state index is 0.0559. The first-order chi connectivity index (χ1) is 15.5. The number of oxime groups is 1. The van der Waals surface area contributed by atoms with E-state index in [-0.39, 0.29) is 18.2 Å². The molecule has 1 amide bonds. The number of carbonyl (C=O) groups excluding carboxylic acids is 1. The average Bonchev–Trinajstić information content (AvgIpc) is 3.30. The number of alkyl halides is 3. The van der Waals surface area contributed by atoms with Crippen LogP contribution in [0.2, 0.25) is 0 Å². The molecule has 0 radical (unpaired) electrons. The van der Waals surface area contributed by atoms with Gasteiger partial charge in [0, 0.05) is 18.5 Å². The summed E-state index contributed by atoms with van der Waals surface area (Å²) < 4.78 is 53.1. The molecule has 4 aliphatic heterocycles. The minimum atomic E-state index is -4.73. The van der Waals surface area contributed by atoms with E-state index in [2.05, 4.69) is 5.16 Å². The van der Waals surface area contributed by atoms with E-state index in [9.17, 15) is 18.0 Å². The van der Waals surface area contributed by atoms with Crippen molar-refractivity contribution in [3.63, 3.8) is 0 Å². The lowest BCUT2D eigenvalue weighted by Gasteiger charge is -2.41. The van der Waals surface area contributed by atoms with Crippen molar-refractivity contribution in [1.82, 2.24) is 0 Å². The molecule has 7 nitrogen and oxygen atoms in total. The zero-order valence-electron chi connectivity index (χ0n) is 18.5. The van der Waals surface area contributed by atoms with Crippen LogP contribution in [0, 0.1) is 29.1 Å². The van der Waals surface area contributed by atoms with E-state index in [1.165, 1.54) is 11.0 Å². The number of hydrogen-bond acceptors (Lipinski definition) is 6. The van der Waals surface area contributed by atoms with Crippen LogP contribution < -0.4 is 4.90 Å². The zero-order chi connectivity index (χ0) is 23.8. The maximum atomic E-state index is 13.6. The number of fused-ring (bicyclic) bond motifs is 2. The highest BCUT2D eigenvalue weighted by molar-refractivity contribution is 6.06. The Bertz CT molecular complexity index is 1080. The van der Waals surface area contributed by atoms with Crippen molar-refractivity contribution >= 4 is 17.3 Å². The fourth-order valence-electron chi connectivity index (χ4n) is 5.86. The smallest absolute Gasteiger partial charge is 0.395 e. The monoisotopic (exact) mass is 463 g/mol. The number of ether oxygens (including phenoxy) is 2. The molecule has 1 aromatic rings. The predicted molar refractivity (Wildman–Crippen MR) is 110 cm³/mol. The highest BCUT2D eigenvalue weighted by Crippen LogP contribution is 2.64. The molecular weight excluding hydrogens is 439 g/mol. The molecule has 1 spiro atoms. The van der Waals surface area contributed by atoms with Crippen molar-refractivity contribution in [2.45, 2.75) is 57.2 Å².